The largest absolute Gasteiger partial charge is 0.494 e. The number of benzene rings is 1. The van der Waals surface area contributed by atoms with Gasteiger partial charge in [0, 0.05) is 30.3 Å². The Hall–Kier alpha value is -2.67. The number of carbonyl (C=O) groups excluding carboxylic acids is 1. The molecule has 3 aromatic rings. The molecular formula is C21H23N3O3S. The molecule has 1 fully saturated rings. The molecule has 1 saturated heterocycles. The van der Waals surface area contributed by atoms with E-state index in [0.717, 1.165) is 17.7 Å². The van der Waals surface area contributed by atoms with E-state index in [1.807, 2.05) is 46.7 Å². The van der Waals surface area contributed by atoms with E-state index >= 15 is 0 Å². The van der Waals surface area contributed by atoms with Gasteiger partial charge in [-0.2, -0.15) is 4.98 Å². The molecule has 7 heteroatoms. The van der Waals surface area contributed by atoms with E-state index in [9.17, 15) is 4.79 Å². The van der Waals surface area contributed by atoms with E-state index in [1.54, 1.807) is 11.3 Å². The van der Waals surface area contributed by atoms with Crippen LogP contribution >= 0.6 is 11.3 Å². The van der Waals surface area contributed by atoms with Crippen molar-refractivity contribution in [1.29, 1.82) is 0 Å². The number of nitrogens with zero attached hydrogens (tertiary/aromatic N) is 3. The molecule has 1 unspecified atom stereocenters. The van der Waals surface area contributed by atoms with Crippen molar-refractivity contribution in [3.8, 4) is 5.75 Å². The maximum Gasteiger partial charge on any atom is 0.231 e. The Balaban J connectivity index is 1.35. The van der Waals surface area contributed by atoms with Crippen molar-refractivity contribution in [3.63, 3.8) is 0 Å². The number of rotatable bonds is 8. The number of amides is 1. The Labute approximate surface area is 168 Å². The second-order valence-electron chi connectivity index (χ2n) is 6.97. The van der Waals surface area contributed by atoms with Gasteiger partial charge < -0.3 is 14.2 Å². The van der Waals surface area contributed by atoms with Crippen molar-refractivity contribution in [2.24, 2.45) is 0 Å². The zero-order chi connectivity index (χ0) is 19.3. The number of likely N-dealkylation sites (tertiary alicyclic amines) is 1. The lowest BCUT2D eigenvalue weighted by Crippen LogP contribution is -2.24. The summed E-state index contributed by atoms with van der Waals surface area (Å²) in [6, 6.07) is 12.0. The van der Waals surface area contributed by atoms with Crippen molar-refractivity contribution >= 4 is 17.2 Å². The number of hydrogen-bond acceptors (Lipinski definition) is 6. The molecule has 4 rings (SSSR count). The van der Waals surface area contributed by atoms with Gasteiger partial charge in [-0.3, -0.25) is 4.79 Å². The zero-order valence-electron chi connectivity index (χ0n) is 15.8. The van der Waals surface area contributed by atoms with Gasteiger partial charge in [-0.1, -0.05) is 30.3 Å². The minimum Gasteiger partial charge on any atom is -0.494 e. The summed E-state index contributed by atoms with van der Waals surface area (Å²) in [7, 11) is 0. The quantitative estimate of drug-likeness (QED) is 0.574. The molecular weight excluding hydrogens is 374 g/mol. The molecule has 6 nitrogen and oxygen atoms in total. The van der Waals surface area contributed by atoms with Crippen LogP contribution in [0.3, 0.4) is 0 Å². The number of ether oxygens (including phenoxy) is 1. The van der Waals surface area contributed by atoms with Crippen LogP contribution in [0.25, 0.3) is 0 Å². The van der Waals surface area contributed by atoms with Gasteiger partial charge in [0.15, 0.2) is 5.82 Å². The fourth-order valence-electron chi connectivity index (χ4n) is 3.30. The normalized spacial score (nSPS) is 16.7. The fourth-order valence-corrected chi connectivity index (χ4v) is 3.99. The molecule has 0 N–H and O–H groups in total. The van der Waals surface area contributed by atoms with Crippen LogP contribution in [0.2, 0.25) is 0 Å². The first-order chi connectivity index (χ1) is 13.7. The van der Waals surface area contributed by atoms with Crippen LogP contribution in [0.15, 0.2) is 46.3 Å². The highest BCUT2D eigenvalue weighted by molar-refractivity contribution is 7.09. The second kappa shape index (κ2) is 8.56. The van der Waals surface area contributed by atoms with Crippen LogP contribution in [0.5, 0.6) is 5.75 Å². The first-order valence-electron chi connectivity index (χ1n) is 9.55. The zero-order valence-corrected chi connectivity index (χ0v) is 16.7. The average Bonchev–Trinajstić information content (AvgIpc) is 3.44. The first kappa shape index (κ1) is 18.7. The molecule has 1 aliphatic heterocycles. The van der Waals surface area contributed by atoms with Crippen LogP contribution in [-0.2, 0) is 17.8 Å². The Morgan fingerprint density at radius 1 is 1.29 bits per heavy atom. The topological polar surface area (TPSA) is 68.5 Å². The summed E-state index contributed by atoms with van der Waals surface area (Å²) in [4.78, 5) is 20.0. The fraction of sp³-hybridized carbons (Fsp3) is 0.381. The highest BCUT2D eigenvalue weighted by Crippen LogP contribution is 2.28. The molecule has 0 saturated carbocycles. The van der Waals surface area contributed by atoms with E-state index in [4.69, 9.17) is 9.26 Å². The molecule has 28 heavy (non-hydrogen) atoms. The van der Waals surface area contributed by atoms with Gasteiger partial charge in [0.25, 0.3) is 0 Å². The molecule has 146 valence electrons. The van der Waals surface area contributed by atoms with E-state index in [2.05, 4.69) is 17.1 Å². The summed E-state index contributed by atoms with van der Waals surface area (Å²) in [5, 5.41) is 6.15. The lowest BCUT2D eigenvalue weighted by molar-refractivity contribution is -0.128. The Morgan fingerprint density at radius 2 is 2.14 bits per heavy atom. The van der Waals surface area contributed by atoms with Gasteiger partial charge in [0.05, 0.1) is 13.0 Å². The van der Waals surface area contributed by atoms with E-state index < -0.39 is 0 Å². The molecule has 0 radical (unpaired) electrons. The summed E-state index contributed by atoms with van der Waals surface area (Å²) >= 11 is 1.67. The molecule has 0 aliphatic carbocycles. The second-order valence-corrected chi connectivity index (χ2v) is 8.00. The third kappa shape index (κ3) is 4.42. The lowest BCUT2D eigenvalue weighted by atomic mass is 10.1. The maximum absolute atomic E-state index is 12.5. The van der Waals surface area contributed by atoms with Gasteiger partial charge in [0.2, 0.25) is 11.8 Å². The highest BCUT2D eigenvalue weighted by Gasteiger charge is 2.33. The SMILES string of the molecule is CCCOc1ccc(CN2CC(c3noc(Cc4cccs4)n3)CC2=O)cc1. The maximum atomic E-state index is 12.5. The standard InChI is InChI=1S/C21H23N3O3S/c1-2-9-26-17-7-5-15(6-8-17)13-24-14-16(11-20(24)25)21-22-19(27-23-21)12-18-4-3-10-28-18/h3-8,10,16H,2,9,11-14H2,1H3. The third-order valence-electron chi connectivity index (χ3n) is 4.74. The van der Waals surface area contributed by atoms with Gasteiger partial charge in [0.1, 0.15) is 5.75 Å². The van der Waals surface area contributed by atoms with Crippen molar-refractivity contribution in [1.82, 2.24) is 15.0 Å². The van der Waals surface area contributed by atoms with Crippen LogP contribution < -0.4 is 4.74 Å². The molecule has 3 heterocycles. The third-order valence-corrected chi connectivity index (χ3v) is 5.62. The van der Waals surface area contributed by atoms with Crippen molar-refractivity contribution in [2.45, 2.75) is 38.6 Å². The molecule has 0 bridgehead atoms. The molecule has 1 aliphatic rings. The summed E-state index contributed by atoms with van der Waals surface area (Å²) in [5.41, 5.74) is 1.09. The summed E-state index contributed by atoms with van der Waals surface area (Å²) in [6.45, 7) is 4.00. The monoisotopic (exact) mass is 397 g/mol. The van der Waals surface area contributed by atoms with Crippen LogP contribution in [0.1, 0.15) is 47.8 Å². The Morgan fingerprint density at radius 3 is 2.89 bits per heavy atom. The van der Waals surface area contributed by atoms with E-state index in [0.29, 0.717) is 44.3 Å². The molecule has 1 amide bonds. The predicted octanol–water partition coefficient (Wildman–Crippen LogP) is 4.03. The lowest BCUT2D eigenvalue weighted by Gasteiger charge is -2.16. The average molecular weight is 398 g/mol. The van der Waals surface area contributed by atoms with Gasteiger partial charge in [-0.15, -0.1) is 11.3 Å². The number of carbonyl (C=O) groups is 1. The minimum atomic E-state index is -0.0134. The number of aromatic nitrogens is 2. The van der Waals surface area contributed by atoms with Crippen LogP contribution in [-0.4, -0.2) is 34.1 Å². The van der Waals surface area contributed by atoms with Crippen molar-refractivity contribution < 1.29 is 14.1 Å². The molecule has 1 atom stereocenters. The molecule has 2 aromatic heterocycles. The van der Waals surface area contributed by atoms with Crippen LogP contribution in [0.4, 0.5) is 0 Å². The van der Waals surface area contributed by atoms with Crippen LogP contribution in [0, 0.1) is 0 Å². The van der Waals surface area contributed by atoms with Gasteiger partial charge >= 0.3 is 0 Å². The first-order valence-corrected chi connectivity index (χ1v) is 10.4. The smallest absolute Gasteiger partial charge is 0.231 e. The summed E-state index contributed by atoms with van der Waals surface area (Å²) < 4.78 is 11.0. The minimum absolute atomic E-state index is 0.0134. The summed E-state index contributed by atoms with van der Waals surface area (Å²) in [5.74, 6) is 2.21. The van der Waals surface area contributed by atoms with Crippen molar-refractivity contribution in [3.05, 3.63) is 63.9 Å². The summed E-state index contributed by atoms with van der Waals surface area (Å²) in [6.07, 6.45) is 2.05. The van der Waals surface area contributed by atoms with Gasteiger partial charge in [-0.05, 0) is 35.6 Å². The Kier molecular flexibility index (Phi) is 5.71. The number of thiophene rings is 1. The van der Waals surface area contributed by atoms with Crippen molar-refractivity contribution in [2.75, 3.05) is 13.2 Å². The Bertz CT molecular complexity index is 905. The van der Waals surface area contributed by atoms with E-state index in [1.165, 1.54) is 4.88 Å². The van der Waals surface area contributed by atoms with Gasteiger partial charge in [-0.25, -0.2) is 0 Å². The van der Waals surface area contributed by atoms with E-state index in [-0.39, 0.29) is 11.8 Å². The molecule has 1 aromatic carbocycles. The number of hydrogen-bond donors (Lipinski definition) is 0. The highest BCUT2D eigenvalue weighted by atomic mass is 32.1. The molecule has 0 spiro atoms. The predicted molar refractivity (Wildman–Crippen MR) is 106 cm³/mol.